The van der Waals surface area contributed by atoms with Gasteiger partial charge >= 0.3 is 0 Å². The molecule has 3 aromatic rings. The summed E-state index contributed by atoms with van der Waals surface area (Å²) in [5, 5.41) is 13.2. The molecule has 1 aromatic heterocycles. The molecular formula is C24H18F2N4O3. The molecule has 1 atom stereocenters. The number of hydrogen-bond donors (Lipinski definition) is 2. The molecule has 1 saturated heterocycles. The van der Waals surface area contributed by atoms with E-state index in [0.717, 1.165) is 18.2 Å². The number of rotatable bonds is 3. The summed E-state index contributed by atoms with van der Waals surface area (Å²) in [6.07, 6.45) is 2.77. The largest absolute Gasteiger partial charge is 0.369 e. The molecular weight excluding hydrogens is 430 g/mol. The molecule has 1 aliphatic rings. The number of amides is 2. The molecule has 166 valence electrons. The molecule has 0 aliphatic carbocycles. The Balaban J connectivity index is 1.75. The molecule has 2 N–H and O–H groups in total. The fraction of sp³-hybridized carbons (Fsp3) is 0.167. The number of carbonyl (C=O) groups is 2. The first-order valence-corrected chi connectivity index (χ1v) is 9.95. The zero-order valence-corrected chi connectivity index (χ0v) is 17.5. The van der Waals surface area contributed by atoms with Gasteiger partial charge in [0.25, 0.3) is 11.8 Å². The van der Waals surface area contributed by atoms with Crippen LogP contribution in [0.15, 0.2) is 55.0 Å². The topological polar surface area (TPSA) is 95.4 Å². The van der Waals surface area contributed by atoms with E-state index in [9.17, 15) is 23.5 Å². The number of likely N-dealkylation sites (tertiary alicyclic amines) is 1. The first-order chi connectivity index (χ1) is 15.8. The van der Waals surface area contributed by atoms with Gasteiger partial charge in [0.2, 0.25) is 5.60 Å². The third-order valence-corrected chi connectivity index (χ3v) is 5.22. The maximum absolute atomic E-state index is 14.5. The van der Waals surface area contributed by atoms with Gasteiger partial charge < -0.3 is 15.3 Å². The quantitative estimate of drug-likeness (QED) is 0.601. The molecule has 7 nitrogen and oxygen atoms in total. The number of anilines is 1. The van der Waals surface area contributed by atoms with E-state index >= 15 is 0 Å². The molecule has 33 heavy (non-hydrogen) atoms. The van der Waals surface area contributed by atoms with Gasteiger partial charge in [-0.1, -0.05) is 17.9 Å². The number of nitrogens with zero attached hydrogens (tertiary/aromatic N) is 3. The standard InChI is InChI=1S/C24H18F2N4O3/c1-30-11-9-24(33,23(30)32)8-6-15-2-4-17(18-13-16(25)3-5-19(18)26)21(12-15)29-22(31)20-7-10-27-14-28-20/h2-5,7,10,12-14,33H,9,11H2,1H3,(H,29,31)/t24-/m0/s1. The Bertz CT molecular complexity index is 1300. The van der Waals surface area contributed by atoms with Gasteiger partial charge in [-0.2, -0.15) is 0 Å². The second kappa shape index (κ2) is 8.76. The minimum Gasteiger partial charge on any atom is -0.369 e. The van der Waals surface area contributed by atoms with Gasteiger partial charge in [-0.05, 0) is 36.4 Å². The normalized spacial score (nSPS) is 17.5. The molecule has 0 bridgehead atoms. The zero-order valence-electron chi connectivity index (χ0n) is 17.5. The Morgan fingerprint density at radius 3 is 2.70 bits per heavy atom. The number of likely N-dealkylation sites (N-methyl/N-ethyl adjacent to an activating group) is 1. The highest BCUT2D eigenvalue weighted by molar-refractivity contribution is 6.05. The Hall–Kier alpha value is -4.16. The van der Waals surface area contributed by atoms with Crippen LogP contribution in [-0.2, 0) is 4.79 Å². The summed E-state index contributed by atoms with van der Waals surface area (Å²) in [5.74, 6) is 2.93. The summed E-state index contributed by atoms with van der Waals surface area (Å²) in [6, 6.07) is 8.87. The molecule has 0 unspecified atom stereocenters. The van der Waals surface area contributed by atoms with Crippen LogP contribution in [0.3, 0.4) is 0 Å². The predicted octanol–water partition coefficient (Wildman–Crippen LogP) is 2.62. The lowest BCUT2D eigenvalue weighted by molar-refractivity contribution is -0.137. The Kier molecular flexibility index (Phi) is 5.85. The van der Waals surface area contributed by atoms with Gasteiger partial charge in [0, 0.05) is 42.9 Å². The highest BCUT2D eigenvalue weighted by atomic mass is 19.1. The monoisotopic (exact) mass is 448 g/mol. The molecule has 9 heteroatoms. The second-order valence-electron chi connectivity index (χ2n) is 7.52. The van der Waals surface area contributed by atoms with Crippen molar-refractivity contribution in [2.75, 3.05) is 18.9 Å². The van der Waals surface area contributed by atoms with Crippen LogP contribution in [0.1, 0.15) is 22.5 Å². The maximum Gasteiger partial charge on any atom is 0.274 e. The smallest absolute Gasteiger partial charge is 0.274 e. The fourth-order valence-corrected chi connectivity index (χ4v) is 3.42. The summed E-state index contributed by atoms with van der Waals surface area (Å²) in [4.78, 5) is 33.8. The Morgan fingerprint density at radius 2 is 2.00 bits per heavy atom. The summed E-state index contributed by atoms with van der Waals surface area (Å²) < 4.78 is 28.3. The number of hydrogen-bond acceptors (Lipinski definition) is 5. The van der Waals surface area contributed by atoms with Crippen molar-refractivity contribution in [3.05, 3.63) is 77.9 Å². The highest BCUT2D eigenvalue weighted by Crippen LogP contribution is 2.32. The Labute approximate surface area is 188 Å². The molecule has 4 rings (SSSR count). The van der Waals surface area contributed by atoms with Crippen LogP contribution in [0.4, 0.5) is 14.5 Å². The number of aliphatic hydroxyl groups is 1. The second-order valence-corrected chi connectivity index (χ2v) is 7.52. The van der Waals surface area contributed by atoms with E-state index < -0.39 is 29.0 Å². The van der Waals surface area contributed by atoms with Crippen molar-refractivity contribution in [3.63, 3.8) is 0 Å². The summed E-state index contributed by atoms with van der Waals surface area (Å²) in [5.41, 5.74) is -1.07. The van der Waals surface area contributed by atoms with E-state index in [-0.39, 0.29) is 28.9 Å². The van der Waals surface area contributed by atoms with Gasteiger partial charge in [-0.25, -0.2) is 18.7 Å². The van der Waals surface area contributed by atoms with Crippen molar-refractivity contribution in [2.45, 2.75) is 12.0 Å². The molecule has 1 fully saturated rings. The number of halogens is 2. The molecule has 0 spiro atoms. The van der Waals surface area contributed by atoms with Crippen molar-refractivity contribution >= 4 is 17.5 Å². The van der Waals surface area contributed by atoms with Crippen LogP contribution in [0.2, 0.25) is 0 Å². The lowest BCUT2D eigenvalue weighted by Gasteiger charge is -2.14. The average Bonchev–Trinajstić information content (AvgIpc) is 3.08. The average molecular weight is 448 g/mol. The van der Waals surface area contributed by atoms with Crippen molar-refractivity contribution in [3.8, 4) is 23.0 Å². The van der Waals surface area contributed by atoms with Gasteiger partial charge in [0.1, 0.15) is 23.7 Å². The van der Waals surface area contributed by atoms with E-state index in [1.807, 2.05) is 0 Å². The maximum atomic E-state index is 14.5. The van der Waals surface area contributed by atoms with Gasteiger partial charge in [0.15, 0.2) is 0 Å². The summed E-state index contributed by atoms with van der Waals surface area (Å²) in [7, 11) is 1.57. The van der Waals surface area contributed by atoms with Crippen molar-refractivity contribution in [2.24, 2.45) is 0 Å². The zero-order chi connectivity index (χ0) is 23.6. The van der Waals surface area contributed by atoms with E-state index in [1.165, 1.54) is 41.7 Å². The molecule has 0 saturated carbocycles. The van der Waals surface area contributed by atoms with Crippen LogP contribution in [0.5, 0.6) is 0 Å². The van der Waals surface area contributed by atoms with Gasteiger partial charge in [-0.15, -0.1) is 0 Å². The summed E-state index contributed by atoms with van der Waals surface area (Å²) in [6.45, 7) is 0.377. The molecule has 0 radical (unpaired) electrons. The number of nitrogens with one attached hydrogen (secondary N) is 1. The minimum atomic E-state index is -1.80. The number of aromatic nitrogens is 2. The van der Waals surface area contributed by atoms with Crippen LogP contribution in [0, 0.1) is 23.5 Å². The van der Waals surface area contributed by atoms with E-state index in [1.54, 1.807) is 7.05 Å². The molecule has 2 heterocycles. The first kappa shape index (κ1) is 22.0. The van der Waals surface area contributed by atoms with E-state index in [0.29, 0.717) is 12.1 Å². The fourth-order valence-electron chi connectivity index (χ4n) is 3.42. The van der Waals surface area contributed by atoms with Crippen molar-refractivity contribution in [1.29, 1.82) is 0 Å². The number of carbonyl (C=O) groups excluding carboxylic acids is 2. The third-order valence-electron chi connectivity index (χ3n) is 5.22. The van der Waals surface area contributed by atoms with Crippen LogP contribution < -0.4 is 5.32 Å². The van der Waals surface area contributed by atoms with E-state index in [2.05, 4.69) is 27.1 Å². The number of benzene rings is 2. The predicted molar refractivity (Wildman–Crippen MR) is 116 cm³/mol. The third kappa shape index (κ3) is 4.56. The Morgan fingerprint density at radius 1 is 1.18 bits per heavy atom. The van der Waals surface area contributed by atoms with Crippen LogP contribution in [-0.4, -0.2) is 51.0 Å². The van der Waals surface area contributed by atoms with Crippen LogP contribution in [0.25, 0.3) is 11.1 Å². The first-order valence-electron chi connectivity index (χ1n) is 9.95. The van der Waals surface area contributed by atoms with E-state index in [4.69, 9.17) is 0 Å². The SMILES string of the molecule is CN1CC[C@@](O)(C#Cc2ccc(-c3cc(F)ccc3F)c(NC(=O)c3ccncn3)c2)C1=O. The highest BCUT2D eigenvalue weighted by Gasteiger charge is 2.42. The van der Waals surface area contributed by atoms with Gasteiger partial charge in [0.05, 0.1) is 5.69 Å². The lowest BCUT2D eigenvalue weighted by Crippen LogP contribution is -2.37. The van der Waals surface area contributed by atoms with Crippen molar-refractivity contribution in [1.82, 2.24) is 14.9 Å². The molecule has 1 aliphatic heterocycles. The molecule has 2 amide bonds. The lowest BCUT2D eigenvalue weighted by atomic mass is 9.99. The molecule has 2 aromatic carbocycles. The van der Waals surface area contributed by atoms with Crippen LogP contribution >= 0.6 is 0 Å². The van der Waals surface area contributed by atoms with Crippen molar-refractivity contribution < 1.29 is 23.5 Å². The summed E-state index contributed by atoms with van der Waals surface area (Å²) >= 11 is 0. The minimum absolute atomic E-state index is 0.0567. The van der Waals surface area contributed by atoms with Gasteiger partial charge in [-0.3, -0.25) is 9.59 Å².